The largest absolute Gasteiger partial charge is 0.356 e. The minimum atomic E-state index is 0.0619. The van der Waals surface area contributed by atoms with Gasteiger partial charge < -0.3 is 20.4 Å². The molecule has 0 aliphatic carbocycles. The highest BCUT2D eigenvalue weighted by molar-refractivity contribution is 5.89. The van der Waals surface area contributed by atoms with E-state index in [1.807, 2.05) is 38.5 Å². The van der Waals surface area contributed by atoms with E-state index in [1.165, 1.54) is 11.1 Å². The lowest BCUT2D eigenvalue weighted by Crippen LogP contribution is -2.42. The third-order valence-corrected chi connectivity index (χ3v) is 6.21. The van der Waals surface area contributed by atoms with Crippen LogP contribution in [0.15, 0.2) is 42.7 Å². The molecule has 2 aromatic heterocycles. The van der Waals surface area contributed by atoms with Crippen LogP contribution in [-0.2, 0) is 11.3 Å². The van der Waals surface area contributed by atoms with Gasteiger partial charge in [0.1, 0.15) is 5.82 Å². The van der Waals surface area contributed by atoms with Gasteiger partial charge in [0.05, 0.1) is 10.9 Å². The summed E-state index contributed by atoms with van der Waals surface area (Å²) in [5, 5.41) is 7.33. The predicted octanol–water partition coefficient (Wildman–Crippen LogP) is 2.84. The van der Waals surface area contributed by atoms with E-state index in [-0.39, 0.29) is 11.8 Å². The Hall–Kier alpha value is -3.26. The SMILES string of the molecule is Cc1ccccc1CNc1ncc2c(N3CCC(C(=O)NCCN(C)C)CC3)nccc2n1. The van der Waals surface area contributed by atoms with Crippen molar-refractivity contribution in [2.24, 2.45) is 5.92 Å². The Kier molecular flexibility index (Phi) is 7.34. The molecule has 3 heterocycles. The van der Waals surface area contributed by atoms with Crippen molar-refractivity contribution in [1.82, 2.24) is 25.2 Å². The molecule has 1 aliphatic rings. The molecular formula is C25H33N7O. The van der Waals surface area contributed by atoms with Crippen LogP contribution in [-0.4, -0.2) is 66.0 Å². The zero-order valence-corrected chi connectivity index (χ0v) is 19.7. The summed E-state index contributed by atoms with van der Waals surface area (Å²) < 4.78 is 0. The molecule has 0 atom stereocenters. The molecule has 0 unspecified atom stereocenters. The van der Waals surface area contributed by atoms with Crippen molar-refractivity contribution >= 4 is 28.6 Å². The molecule has 1 fully saturated rings. The van der Waals surface area contributed by atoms with Crippen molar-refractivity contribution < 1.29 is 4.79 Å². The number of carbonyl (C=O) groups excluding carboxylic acids is 1. The lowest BCUT2D eigenvalue weighted by atomic mass is 9.95. The number of piperidine rings is 1. The first-order valence-corrected chi connectivity index (χ1v) is 11.6. The summed E-state index contributed by atoms with van der Waals surface area (Å²) in [5.74, 6) is 1.72. The van der Waals surface area contributed by atoms with Gasteiger partial charge in [-0.15, -0.1) is 0 Å². The molecule has 2 N–H and O–H groups in total. The van der Waals surface area contributed by atoms with Crippen molar-refractivity contribution in [3.8, 4) is 0 Å². The van der Waals surface area contributed by atoms with Crippen molar-refractivity contribution in [3.63, 3.8) is 0 Å². The van der Waals surface area contributed by atoms with E-state index in [4.69, 9.17) is 4.98 Å². The lowest BCUT2D eigenvalue weighted by molar-refractivity contribution is -0.125. The number of fused-ring (bicyclic) bond motifs is 1. The maximum Gasteiger partial charge on any atom is 0.223 e. The number of aryl methyl sites for hydroxylation is 1. The Morgan fingerprint density at radius 1 is 1.15 bits per heavy atom. The number of carbonyl (C=O) groups is 1. The molecule has 33 heavy (non-hydrogen) atoms. The molecule has 1 amide bonds. The third-order valence-electron chi connectivity index (χ3n) is 6.21. The van der Waals surface area contributed by atoms with Crippen molar-refractivity contribution in [2.75, 3.05) is 50.5 Å². The van der Waals surface area contributed by atoms with Crippen LogP contribution in [0.1, 0.15) is 24.0 Å². The van der Waals surface area contributed by atoms with Crippen molar-refractivity contribution in [2.45, 2.75) is 26.3 Å². The molecule has 0 saturated carbocycles. The van der Waals surface area contributed by atoms with Crippen LogP contribution in [0, 0.1) is 12.8 Å². The van der Waals surface area contributed by atoms with Crippen LogP contribution in [0.3, 0.4) is 0 Å². The van der Waals surface area contributed by atoms with Gasteiger partial charge in [-0.3, -0.25) is 4.79 Å². The Balaban J connectivity index is 1.39. The zero-order chi connectivity index (χ0) is 23.2. The number of benzene rings is 1. The molecule has 8 heteroatoms. The van der Waals surface area contributed by atoms with Crippen LogP contribution in [0.5, 0.6) is 0 Å². The van der Waals surface area contributed by atoms with E-state index in [0.29, 0.717) is 19.0 Å². The van der Waals surface area contributed by atoms with Gasteiger partial charge in [0.25, 0.3) is 0 Å². The average Bonchev–Trinajstić information content (AvgIpc) is 2.83. The second-order valence-corrected chi connectivity index (χ2v) is 8.90. The number of rotatable bonds is 8. The maximum atomic E-state index is 12.5. The molecule has 174 valence electrons. The Labute approximate surface area is 195 Å². The molecule has 1 aromatic carbocycles. The van der Waals surface area contributed by atoms with E-state index < -0.39 is 0 Å². The fourth-order valence-corrected chi connectivity index (χ4v) is 4.16. The predicted molar refractivity (Wildman–Crippen MR) is 132 cm³/mol. The molecule has 0 spiro atoms. The molecular weight excluding hydrogens is 414 g/mol. The van der Waals surface area contributed by atoms with Gasteiger partial charge in [0.15, 0.2) is 0 Å². The fourth-order valence-electron chi connectivity index (χ4n) is 4.16. The van der Waals surface area contributed by atoms with Crippen LogP contribution in [0.2, 0.25) is 0 Å². The number of hydrogen-bond donors (Lipinski definition) is 2. The number of aromatic nitrogens is 3. The first-order valence-electron chi connectivity index (χ1n) is 11.6. The number of anilines is 2. The molecule has 4 rings (SSSR count). The number of nitrogens with one attached hydrogen (secondary N) is 2. The molecule has 0 bridgehead atoms. The lowest BCUT2D eigenvalue weighted by Gasteiger charge is -2.32. The van der Waals surface area contributed by atoms with Crippen molar-refractivity contribution in [3.05, 3.63) is 53.9 Å². The Morgan fingerprint density at radius 3 is 2.70 bits per heavy atom. The zero-order valence-electron chi connectivity index (χ0n) is 19.7. The van der Waals surface area contributed by atoms with E-state index >= 15 is 0 Å². The number of hydrogen-bond acceptors (Lipinski definition) is 7. The summed E-state index contributed by atoms with van der Waals surface area (Å²) in [7, 11) is 4.02. The standard InChI is InChI=1S/C25H33N7O/c1-18-6-4-5-7-20(18)16-28-25-29-17-21-22(30-25)8-11-26-23(21)32-13-9-19(10-14-32)24(33)27-12-15-31(2)3/h4-8,11,17,19H,9-10,12-16H2,1-3H3,(H,27,33)(H,28,29,30). The first kappa shape index (κ1) is 22.9. The fraction of sp³-hybridized carbons (Fsp3) is 0.440. The van der Waals surface area contributed by atoms with Gasteiger partial charge in [0.2, 0.25) is 11.9 Å². The van der Waals surface area contributed by atoms with Gasteiger partial charge in [-0.25, -0.2) is 15.0 Å². The molecule has 0 radical (unpaired) electrons. The second kappa shape index (κ2) is 10.6. The number of amides is 1. The summed E-state index contributed by atoms with van der Waals surface area (Å²) in [5.41, 5.74) is 3.34. The van der Waals surface area contributed by atoms with E-state index in [2.05, 4.69) is 49.5 Å². The highest BCUT2D eigenvalue weighted by Crippen LogP contribution is 2.28. The van der Waals surface area contributed by atoms with Gasteiger partial charge in [-0.05, 0) is 51.1 Å². The summed E-state index contributed by atoms with van der Waals surface area (Å²) >= 11 is 0. The van der Waals surface area contributed by atoms with Crippen LogP contribution < -0.4 is 15.5 Å². The summed E-state index contributed by atoms with van der Waals surface area (Å²) in [6.07, 6.45) is 5.30. The number of pyridine rings is 1. The van der Waals surface area contributed by atoms with Crippen LogP contribution >= 0.6 is 0 Å². The monoisotopic (exact) mass is 447 g/mol. The minimum Gasteiger partial charge on any atom is -0.356 e. The topological polar surface area (TPSA) is 86.3 Å². The molecule has 1 aliphatic heterocycles. The average molecular weight is 448 g/mol. The van der Waals surface area contributed by atoms with Gasteiger partial charge in [0, 0.05) is 51.0 Å². The summed E-state index contributed by atoms with van der Waals surface area (Å²) in [6, 6.07) is 10.2. The highest BCUT2D eigenvalue weighted by Gasteiger charge is 2.26. The van der Waals surface area contributed by atoms with Gasteiger partial charge >= 0.3 is 0 Å². The van der Waals surface area contributed by atoms with E-state index in [9.17, 15) is 4.79 Å². The quantitative estimate of drug-likeness (QED) is 0.549. The minimum absolute atomic E-state index is 0.0619. The van der Waals surface area contributed by atoms with Gasteiger partial charge in [-0.2, -0.15) is 0 Å². The normalized spacial score (nSPS) is 14.6. The number of nitrogens with zero attached hydrogens (tertiary/aromatic N) is 5. The summed E-state index contributed by atoms with van der Waals surface area (Å²) in [6.45, 7) is 5.92. The third kappa shape index (κ3) is 5.76. The highest BCUT2D eigenvalue weighted by atomic mass is 16.1. The van der Waals surface area contributed by atoms with Crippen LogP contribution in [0.4, 0.5) is 11.8 Å². The smallest absolute Gasteiger partial charge is 0.223 e. The molecule has 8 nitrogen and oxygen atoms in total. The first-order chi connectivity index (χ1) is 16.0. The van der Waals surface area contributed by atoms with Gasteiger partial charge in [-0.1, -0.05) is 24.3 Å². The Morgan fingerprint density at radius 2 is 1.94 bits per heavy atom. The molecule has 3 aromatic rings. The van der Waals surface area contributed by atoms with E-state index in [1.54, 1.807) is 6.20 Å². The second-order valence-electron chi connectivity index (χ2n) is 8.90. The maximum absolute atomic E-state index is 12.5. The molecule has 1 saturated heterocycles. The summed E-state index contributed by atoms with van der Waals surface area (Å²) in [4.78, 5) is 30.7. The van der Waals surface area contributed by atoms with Crippen molar-refractivity contribution in [1.29, 1.82) is 0 Å². The van der Waals surface area contributed by atoms with Crippen LogP contribution in [0.25, 0.3) is 10.9 Å². The van der Waals surface area contributed by atoms with E-state index in [0.717, 1.165) is 49.2 Å². The Bertz CT molecular complexity index is 1090. The number of likely N-dealkylation sites (N-methyl/N-ethyl adjacent to an activating group) is 1.